The topological polar surface area (TPSA) is 144 Å². The van der Waals surface area contributed by atoms with E-state index < -0.39 is 22.1 Å². The zero-order valence-electron chi connectivity index (χ0n) is 18.0. The molecule has 2 rings (SSSR count). The number of hydrogen-bond donors (Lipinski definition) is 2. The molecule has 1 amide bonds. The fourth-order valence-electron chi connectivity index (χ4n) is 3.09. The van der Waals surface area contributed by atoms with E-state index in [1.54, 1.807) is 6.07 Å². The number of rotatable bonds is 8. The van der Waals surface area contributed by atoms with Gasteiger partial charge in [0.15, 0.2) is 5.69 Å². The molecule has 1 aromatic heterocycles. The molecule has 0 saturated heterocycles. The lowest BCUT2D eigenvalue weighted by Crippen LogP contribution is -2.42. The molecule has 0 saturated carbocycles. The molecular weight excluding hydrogens is 402 g/mol. The molecular formula is C21H27N5O5. The first kappa shape index (κ1) is 23.6. The number of aromatic nitrogens is 2. The van der Waals surface area contributed by atoms with E-state index in [1.807, 2.05) is 27.7 Å². The van der Waals surface area contributed by atoms with E-state index in [2.05, 4.69) is 4.98 Å². The first-order chi connectivity index (χ1) is 14.5. The second-order valence-corrected chi connectivity index (χ2v) is 7.99. The molecule has 10 heteroatoms. The summed E-state index contributed by atoms with van der Waals surface area (Å²) in [4.78, 5) is 51.9. The van der Waals surface area contributed by atoms with Gasteiger partial charge in [0.05, 0.1) is 10.5 Å². The summed E-state index contributed by atoms with van der Waals surface area (Å²) in [6.45, 7) is 7.94. The number of carbonyl (C=O) groups is 1. The van der Waals surface area contributed by atoms with E-state index in [9.17, 15) is 24.5 Å². The maximum Gasteiger partial charge on any atom is 0.330 e. The van der Waals surface area contributed by atoms with E-state index in [1.165, 1.54) is 33.7 Å². The van der Waals surface area contributed by atoms with Gasteiger partial charge in [-0.15, -0.1) is 0 Å². The summed E-state index contributed by atoms with van der Waals surface area (Å²) in [5, 5.41) is 11.2. The fraction of sp³-hybridized carbons (Fsp3) is 0.381. The minimum absolute atomic E-state index is 0.0207. The molecule has 0 bridgehead atoms. The third kappa shape index (κ3) is 5.68. The highest BCUT2D eigenvalue weighted by Crippen LogP contribution is 2.22. The van der Waals surface area contributed by atoms with Crippen LogP contribution in [-0.4, -0.2) is 26.9 Å². The Labute approximate surface area is 179 Å². The van der Waals surface area contributed by atoms with Crippen molar-refractivity contribution in [2.24, 2.45) is 11.8 Å². The molecule has 31 heavy (non-hydrogen) atoms. The van der Waals surface area contributed by atoms with E-state index >= 15 is 0 Å². The number of nitrogens with one attached hydrogen (secondary N) is 1. The van der Waals surface area contributed by atoms with Gasteiger partial charge in [-0.3, -0.25) is 29.3 Å². The number of anilines is 2. The molecule has 0 unspecified atom stereocenters. The highest BCUT2D eigenvalue weighted by molar-refractivity contribution is 6.05. The Morgan fingerprint density at radius 1 is 1.23 bits per heavy atom. The number of carbonyl (C=O) groups excluding carboxylic acids is 1. The molecule has 0 aliphatic heterocycles. The number of hydrogen-bond acceptors (Lipinski definition) is 6. The zero-order chi connectivity index (χ0) is 23.3. The number of para-hydroxylation sites is 1. The number of nitrogen functional groups attached to an aromatic ring is 1. The Balaban J connectivity index is 2.55. The molecule has 0 radical (unpaired) electrons. The first-order valence-electron chi connectivity index (χ1n) is 9.88. The van der Waals surface area contributed by atoms with Crippen molar-refractivity contribution in [2.45, 2.75) is 34.2 Å². The monoisotopic (exact) mass is 429 g/mol. The molecule has 0 aliphatic rings. The van der Waals surface area contributed by atoms with E-state index in [4.69, 9.17) is 5.73 Å². The van der Waals surface area contributed by atoms with Crippen molar-refractivity contribution < 1.29 is 9.72 Å². The number of nitrogens with two attached hydrogens (primary N) is 1. The van der Waals surface area contributed by atoms with Gasteiger partial charge in [-0.2, -0.15) is 0 Å². The lowest BCUT2D eigenvalue weighted by atomic mass is 10.1. The SMILES string of the molecule is CC(C)CN(C(=O)/C=C/c1ccccc1[N+](=O)[O-])c1c(N)n(CC(C)C)c(=O)[nH]c1=O. The fourth-order valence-corrected chi connectivity index (χ4v) is 3.09. The van der Waals surface area contributed by atoms with Gasteiger partial charge < -0.3 is 10.6 Å². The zero-order valence-corrected chi connectivity index (χ0v) is 18.0. The van der Waals surface area contributed by atoms with Crippen molar-refractivity contribution >= 4 is 29.2 Å². The average Bonchev–Trinajstić information content (AvgIpc) is 2.68. The summed E-state index contributed by atoms with van der Waals surface area (Å²) in [5.74, 6) is -0.631. The number of nitro benzene ring substituents is 1. The third-order valence-electron chi connectivity index (χ3n) is 4.38. The van der Waals surface area contributed by atoms with Crippen LogP contribution < -0.4 is 21.9 Å². The van der Waals surface area contributed by atoms with Gasteiger partial charge in [0, 0.05) is 25.2 Å². The van der Waals surface area contributed by atoms with Crippen LogP contribution in [0.1, 0.15) is 33.3 Å². The first-order valence-corrected chi connectivity index (χ1v) is 9.88. The highest BCUT2D eigenvalue weighted by Gasteiger charge is 2.24. The van der Waals surface area contributed by atoms with Crippen LogP contribution >= 0.6 is 0 Å². The van der Waals surface area contributed by atoms with Crippen molar-refractivity contribution in [1.82, 2.24) is 9.55 Å². The maximum atomic E-state index is 13.0. The van der Waals surface area contributed by atoms with Crippen LogP contribution in [0.15, 0.2) is 39.9 Å². The Bertz CT molecular complexity index is 1110. The molecule has 1 aromatic carbocycles. The quantitative estimate of drug-likeness (QED) is 0.374. The minimum Gasteiger partial charge on any atom is -0.383 e. The summed E-state index contributed by atoms with van der Waals surface area (Å²) in [6, 6.07) is 5.99. The number of nitrogens with zero attached hydrogens (tertiary/aromatic N) is 3. The van der Waals surface area contributed by atoms with Gasteiger partial charge in [-0.05, 0) is 24.0 Å². The predicted octanol–water partition coefficient (Wildman–Crippen LogP) is 2.39. The van der Waals surface area contributed by atoms with Crippen molar-refractivity contribution in [3.63, 3.8) is 0 Å². The lowest BCUT2D eigenvalue weighted by Gasteiger charge is -2.25. The summed E-state index contributed by atoms with van der Waals surface area (Å²) in [6.07, 6.45) is 2.48. The standard InChI is InChI=1S/C21H27N5O5/c1-13(2)11-24(17(27)10-9-15-7-5-6-8-16(15)26(30)31)18-19(22)25(12-14(3)4)21(29)23-20(18)28/h5-10,13-14H,11-12,22H2,1-4H3,(H,23,28,29)/b10-9+. The van der Waals surface area contributed by atoms with Gasteiger partial charge in [-0.25, -0.2) is 4.79 Å². The Morgan fingerprint density at radius 3 is 2.45 bits per heavy atom. The normalized spacial score (nSPS) is 11.4. The maximum absolute atomic E-state index is 13.0. The molecule has 2 aromatic rings. The Hall–Kier alpha value is -3.69. The van der Waals surface area contributed by atoms with E-state index in [0.29, 0.717) is 0 Å². The van der Waals surface area contributed by atoms with Crippen LogP contribution in [0, 0.1) is 22.0 Å². The number of nitro groups is 1. The molecule has 1 heterocycles. The van der Waals surface area contributed by atoms with Gasteiger partial charge >= 0.3 is 5.69 Å². The van der Waals surface area contributed by atoms with E-state index in [-0.39, 0.29) is 47.7 Å². The molecule has 3 N–H and O–H groups in total. The van der Waals surface area contributed by atoms with Crippen LogP contribution in [0.5, 0.6) is 0 Å². The molecule has 0 fully saturated rings. The van der Waals surface area contributed by atoms with Gasteiger partial charge in [-0.1, -0.05) is 39.8 Å². The third-order valence-corrected chi connectivity index (χ3v) is 4.38. The molecule has 0 atom stereocenters. The lowest BCUT2D eigenvalue weighted by molar-refractivity contribution is -0.385. The Kier molecular flexibility index (Phi) is 7.51. The summed E-state index contributed by atoms with van der Waals surface area (Å²) in [5.41, 5.74) is 4.72. The molecule has 0 aliphatic carbocycles. The highest BCUT2D eigenvalue weighted by atomic mass is 16.6. The minimum atomic E-state index is -0.768. The van der Waals surface area contributed by atoms with Gasteiger partial charge in [0.2, 0.25) is 0 Å². The summed E-state index contributed by atoms with van der Waals surface area (Å²) < 4.78 is 1.23. The molecule has 166 valence electrons. The average molecular weight is 429 g/mol. The van der Waals surface area contributed by atoms with Crippen molar-refractivity contribution in [1.29, 1.82) is 0 Å². The largest absolute Gasteiger partial charge is 0.383 e. The number of benzene rings is 1. The Morgan fingerprint density at radius 2 is 1.87 bits per heavy atom. The van der Waals surface area contributed by atoms with Crippen molar-refractivity contribution in [3.8, 4) is 0 Å². The number of amides is 1. The van der Waals surface area contributed by atoms with Gasteiger partial charge in [0.25, 0.3) is 17.2 Å². The van der Waals surface area contributed by atoms with E-state index in [0.717, 1.165) is 6.08 Å². The second-order valence-electron chi connectivity index (χ2n) is 7.99. The smallest absolute Gasteiger partial charge is 0.330 e. The molecule has 0 spiro atoms. The number of H-pyrrole nitrogens is 1. The predicted molar refractivity (Wildman–Crippen MR) is 120 cm³/mol. The van der Waals surface area contributed by atoms with Crippen LogP contribution in [0.2, 0.25) is 0 Å². The second kappa shape index (κ2) is 9.88. The van der Waals surface area contributed by atoms with Crippen molar-refractivity contribution in [3.05, 3.63) is 66.9 Å². The summed E-state index contributed by atoms with van der Waals surface area (Å²) in [7, 11) is 0. The summed E-state index contributed by atoms with van der Waals surface area (Å²) >= 11 is 0. The van der Waals surface area contributed by atoms with Crippen LogP contribution in [0.25, 0.3) is 6.08 Å². The van der Waals surface area contributed by atoms with Crippen LogP contribution in [-0.2, 0) is 11.3 Å². The number of aromatic amines is 1. The van der Waals surface area contributed by atoms with Crippen LogP contribution in [0.4, 0.5) is 17.2 Å². The van der Waals surface area contributed by atoms with Crippen LogP contribution in [0.3, 0.4) is 0 Å². The van der Waals surface area contributed by atoms with Gasteiger partial charge in [0.1, 0.15) is 5.82 Å². The molecule has 10 nitrogen and oxygen atoms in total. The van der Waals surface area contributed by atoms with Crippen molar-refractivity contribution in [2.75, 3.05) is 17.2 Å².